The molecule has 0 saturated carbocycles. The zero-order valence-electron chi connectivity index (χ0n) is 8.94. The van der Waals surface area contributed by atoms with Crippen molar-refractivity contribution in [1.29, 1.82) is 0 Å². The SMILES string of the molecule is [Cl-].c1cc2ccc3c[nH+]nc4ccc(c1)c2c34. The van der Waals surface area contributed by atoms with Crippen molar-refractivity contribution in [2.45, 2.75) is 0 Å². The predicted octanol–water partition coefficient (Wildman–Crippen LogP) is -0.203. The van der Waals surface area contributed by atoms with Crippen molar-refractivity contribution in [3.8, 4) is 0 Å². The minimum atomic E-state index is 0. The van der Waals surface area contributed by atoms with Crippen molar-refractivity contribution >= 4 is 32.4 Å². The lowest BCUT2D eigenvalue weighted by atomic mass is 9.98. The van der Waals surface area contributed by atoms with E-state index in [1.807, 2.05) is 6.20 Å². The zero-order chi connectivity index (χ0) is 10.5. The topological polar surface area (TPSA) is 27.0 Å². The van der Waals surface area contributed by atoms with Crippen LogP contribution in [0.5, 0.6) is 0 Å². The van der Waals surface area contributed by atoms with Crippen LogP contribution in [0.2, 0.25) is 0 Å². The highest BCUT2D eigenvalue weighted by Gasteiger charge is 2.09. The molecule has 82 valence electrons. The largest absolute Gasteiger partial charge is 1.00 e. The van der Waals surface area contributed by atoms with Gasteiger partial charge in [0.2, 0.25) is 6.20 Å². The van der Waals surface area contributed by atoms with E-state index in [1.165, 1.54) is 26.9 Å². The van der Waals surface area contributed by atoms with E-state index in [4.69, 9.17) is 0 Å². The number of hydrogen-bond donors (Lipinski definition) is 0. The van der Waals surface area contributed by atoms with Gasteiger partial charge in [0.25, 0.3) is 0 Å². The Bertz CT molecular complexity index is 681. The summed E-state index contributed by atoms with van der Waals surface area (Å²) >= 11 is 0. The summed E-state index contributed by atoms with van der Waals surface area (Å²) in [6.45, 7) is 0. The van der Waals surface area contributed by atoms with Crippen molar-refractivity contribution in [3.63, 3.8) is 0 Å². The fraction of sp³-hybridized carbons (Fsp3) is 0. The average molecular weight is 241 g/mol. The number of H-pyrrole nitrogens is 1. The van der Waals surface area contributed by atoms with E-state index in [9.17, 15) is 0 Å². The van der Waals surface area contributed by atoms with Crippen LogP contribution in [0.25, 0.3) is 32.4 Å². The molecule has 0 unspecified atom stereocenters. The molecule has 4 aromatic rings. The minimum absolute atomic E-state index is 0. The van der Waals surface area contributed by atoms with Gasteiger partial charge in [-0.25, -0.2) is 0 Å². The highest BCUT2D eigenvalue weighted by Crippen LogP contribution is 2.31. The monoisotopic (exact) mass is 240 g/mol. The summed E-state index contributed by atoms with van der Waals surface area (Å²) in [6, 6.07) is 14.9. The number of benzene rings is 3. The first kappa shape index (κ1) is 10.2. The van der Waals surface area contributed by atoms with Gasteiger partial charge in [0.15, 0.2) is 0 Å². The van der Waals surface area contributed by atoms with E-state index in [2.05, 4.69) is 52.7 Å². The quantitative estimate of drug-likeness (QED) is 0.391. The second kappa shape index (κ2) is 3.54. The van der Waals surface area contributed by atoms with Crippen LogP contribution in [-0.2, 0) is 0 Å². The summed E-state index contributed by atoms with van der Waals surface area (Å²) in [5.74, 6) is 0. The Morgan fingerprint density at radius 1 is 0.765 bits per heavy atom. The molecule has 0 fully saturated rings. The van der Waals surface area contributed by atoms with E-state index in [0.717, 1.165) is 5.52 Å². The van der Waals surface area contributed by atoms with Gasteiger partial charge in [-0.05, 0) is 33.4 Å². The molecule has 0 aliphatic rings. The minimum Gasteiger partial charge on any atom is -1.00 e. The third-order valence-corrected chi connectivity index (χ3v) is 3.19. The van der Waals surface area contributed by atoms with Gasteiger partial charge in [0, 0.05) is 5.39 Å². The van der Waals surface area contributed by atoms with Crippen LogP contribution in [0.1, 0.15) is 0 Å². The van der Waals surface area contributed by atoms with Gasteiger partial charge in [-0.15, -0.1) is 5.10 Å². The molecular weight excluding hydrogens is 232 g/mol. The summed E-state index contributed by atoms with van der Waals surface area (Å²) in [5.41, 5.74) is 1.03. The predicted molar refractivity (Wildman–Crippen MR) is 64.5 cm³/mol. The number of halogens is 1. The molecule has 1 heterocycles. The third kappa shape index (κ3) is 1.28. The van der Waals surface area contributed by atoms with Gasteiger partial charge in [-0.3, -0.25) is 0 Å². The van der Waals surface area contributed by atoms with E-state index in [-0.39, 0.29) is 12.4 Å². The lowest BCUT2D eigenvalue weighted by Crippen LogP contribution is -3.00. The third-order valence-electron chi connectivity index (χ3n) is 3.19. The van der Waals surface area contributed by atoms with Crippen LogP contribution in [0, 0.1) is 0 Å². The second-order valence-electron chi connectivity index (χ2n) is 4.08. The maximum absolute atomic E-state index is 4.31. The average Bonchev–Trinajstić information content (AvgIpc) is 2.36. The van der Waals surface area contributed by atoms with Crippen LogP contribution in [0.15, 0.2) is 48.7 Å². The molecule has 0 aliphatic heterocycles. The van der Waals surface area contributed by atoms with Crippen LogP contribution in [-0.4, -0.2) is 5.10 Å². The summed E-state index contributed by atoms with van der Waals surface area (Å²) in [4.78, 5) is 0. The Morgan fingerprint density at radius 2 is 1.47 bits per heavy atom. The van der Waals surface area contributed by atoms with Crippen LogP contribution in [0.3, 0.4) is 0 Å². The number of nitrogens with one attached hydrogen (secondary N) is 1. The van der Waals surface area contributed by atoms with E-state index >= 15 is 0 Å². The molecule has 0 atom stereocenters. The molecule has 0 amide bonds. The maximum Gasteiger partial charge on any atom is 0.201 e. The second-order valence-corrected chi connectivity index (χ2v) is 4.08. The molecule has 17 heavy (non-hydrogen) atoms. The van der Waals surface area contributed by atoms with Crippen molar-refractivity contribution in [2.75, 3.05) is 0 Å². The summed E-state index contributed by atoms with van der Waals surface area (Å²) < 4.78 is 0. The highest BCUT2D eigenvalue weighted by atomic mass is 35.5. The zero-order valence-corrected chi connectivity index (χ0v) is 9.70. The van der Waals surface area contributed by atoms with Gasteiger partial charge in [0.05, 0.1) is 5.39 Å². The molecule has 2 nitrogen and oxygen atoms in total. The van der Waals surface area contributed by atoms with Gasteiger partial charge in [-0.1, -0.05) is 30.3 Å². The molecular formula is C14H9ClN2. The van der Waals surface area contributed by atoms with Gasteiger partial charge in [0.1, 0.15) is 5.52 Å². The first-order chi connectivity index (χ1) is 7.93. The Morgan fingerprint density at radius 3 is 2.29 bits per heavy atom. The number of aromatic amines is 1. The molecule has 0 spiro atoms. The number of hydrogen-bond acceptors (Lipinski definition) is 1. The van der Waals surface area contributed by atoms with Gasteiger partial charge in [-0.2, -0.15) is 0 Å². The Balaban J connectivity index is 0.000000902. The van der Waals surface area contributed by atoms with E-state index < -0.39 is 0 Å². The standard InChI is InChI=1S/C14H8N2.ClH/c1-2-9-4-5-11-8-15-16-12-7-6-10(3-1)13(9)14(11)12;/h1-8H;1H. The van der Waals surface area contributed by atoms with E-state index in [1.54, 1.807) is 0 Å². The van der Waals surface area contributed by atoms with Gasteiger partial charge >= 0.3 is 0 Å². The van der Waals surface area contributed by atoms with Crippen LogP contribution in [0.4, 0.5) is 0 Å². The van der Waals surface area contributed by atoms with Crippen molar-refractivity contribution in [1.82, 2.24) is 5.10 Å². The first-order valence-corrected chi connectivity index (χ1v) is 5.34. The van der Waals surface area contributed by atoms with Crippen molar-refractivity contribution in [2.24, 2.45) is 0 Å². The first-order valence-electron chi connectivity index (χ1n) is 5.34. The molecule has 0 aliphatic carbocycles. The number of aromatic nitrogens is 2. The fourth-order valence-corrected chi connectivity index (χ4v) is 2.48. The van der Waals surface area contributed by atoms with E-state index in [0.29, 0.717) is 0 Å². The molecule has 0 saturated heterocycles. The summed E-state index contributed by atoms with van der Waals surface area (Å²) in [6.07, 6.45) is 1.95. The lowest BCUT2D eigenvalue weighted by Gasteiger charge is -2.06. The molecule has 0 bridgehead atoms. The number of rotatable bonds is 0. The molecule has 1 aromatic heterocycles. The Kier molecular flexibility index (Phi) is 2.13. The van der Waals surface area contributed by atoms with Crippen LogP contribution < -0.4 is 17.5 Å². The Labute approximate surface area is 104 Å². The molecule has 0 radical (unpaired) electrons. The number of nitrogens with zero attached hydrogens (tertiary/aromatic N) is 1. The molecule has 4 rings (SSSR count). The molecule has 3 aromatic carbocycles. The normalized spacial score (nSPS) is 11.1. The highest BCUT2D eigenvalue weighted by molar-refractivity contribution is 6.21. The smallest absolute Gasteiger partial charge is 0.201 e. The van der Waals surface area contributed by atoms with Gasteiger partial charge < -0.3 is 12.4 Å². The fourth-order valence-electron chi connectivity index (χ4n) is 2.48. The summed E-state index contributed by atoms with van der Waals surface area (Å²) in [7, 11) is 0. The molecule has 1 N–H and O–H groups in total. The molecule has 3 heteroatoms. The maximum atomic E-state index is 4.31. The summed E-state index contributed by atoms with van der Waals surface area (Å²) in [5, 5.41) is 13.6. The van der Waals surface area contributed by atoms with Crippen molar-refractivity contribution < 1.29 is 17.5 Å². The lowest BCUT2D eigenvalue weighted by molar-refractivity contribution is -0.450. The van der Waals surface area contributed by atoms with Crippen molar-refractivity contribution in [3.05, 3.63) is 48.7 Å². The Hall–Kier alpha value is -1.93. The van der Waals surface area contributed by atoms with Crippen LogP contribution >= 0.6 is 0 Å².